The van der Waals surface area contributed by atoms with E-state index < -0.39 is 0 Å². The zero-order valence-electron chi connectivity index (χ0n) is 12.8. The van der Waals surface area contributed by atoms with Crippen LogP contribution in [0.15, 0.2) is 57.2 Å². The first-order chi connectivity index (χ1) is 11.5. The Bertz CT molecular complexity index is 932. The van der Waals surface area contributed by atoms with Gasteiger partial charge in [-0.25, -0.2) is 4.98 Å². The normalized spacial score (nSPS) is 10.6. The van der Waals surface area contributed by atoms with Crippen molar-refractivity contribution in [3.63, 3.8) is 0 Å². The summed E-state index contributed by atoms with van der Waals surface area (Å²) in [6.45, 7) is 2.27. The highest BCUT2D eigenvalue weighted by Gasteiger charge is 2.10. The fraction of sp³-hybridized carbons (Fsp3) is 0.118. The van der Waals surface area contributed by atoms with Crippen LogP contribution >= 0.6 is 27.3 Å². The maximum absolute atomic E-state index is 12.3. The van der Waals surface area contributed by atoms with Gasteiger partial charge in [-0.1, -0.05) is 28.1 Å². The minimum absolute atomic E-state index is 0.153. The molecule has 0 saturated carbocycles. The molecule has 0 aliphatic carbocycles. The number of halogens is 1. The van der Waals surface area contributed by atoms with E-state index in [2.05, 4.69) is 26.2 Å². The van der Waals surface area contributed by atoms with E-state index in [4.69, 9.17) is 0 Å². The molecular formula is C17H14BrN3O2S. The van der Waals surface area contributed by atoms with Gasteiger partial charge in [0.1, 0.15) is 0 Å². The molecule has 0 bridgehead atoms. The number of thiazole rings is 1. The summed E-state index contributed by atoms with van der Waals surface area (Å²) >= 11 is 4.75. The van der Waals surface area contributed by atoms with Gasteiger partial charge in [-0.15, -0.1) is 11.3 Å². The Morgan fingerprint density at radius 3 is 2.67 bits per heavy atom. The SMILES string of the molecule is Cc1csc(NC(=O)c2ccc(=O)n(Cc3ccc(Br)cc3)c2)n1. The number of amides is 1. The first-order valence-electron chi connectivity index (χ1n) is 7.20. The van der Waals surface area contributed by atoms with Crippen molar-refractivity contribution in [2.45, 2.75) is 13.5 Å². The van der Waals surface area contributed by atoms with Crippen LogP contribution in [-0.4, -0.2) is 15.5 Å². The molecule has 24 heavy (non-hydrogen) atoms. The summed E-state index contributed by atoms with van der Waals surface area (Å²) in [5.74, 6) is -0.283. The average molecular weight is 404 g/mol. The number of hydrogen-bond donors (Lipinski definition) is 1. The van der Waals surface area contributed by atoms with Crippen LogP contribution in [0.4, 0.5) is 5.13 Å². The van der Waals surface area contributed by atoms with Gasteiger partial charge >= 0.3 is 0 Å². The first-order valence-corrected chi connectivity index (χ1v) is 8.87. The second-order valence-electron chi connectivity index (χ2n) is 5.26. The number of rotatable bonds is 4. The highest BCUT2D eigenvalue weighted by atomic mass is 79.9. The molecule has 2 aromatic heterocycles. The summed E-state index contributed by atoms with van der Waals surface area (Å²) in [5, 5.41) is 5.15. The summed E-state index contributed by atoms with van der Waals surface area (Å²) in [7, 11) is 0. The van der Waals surface area contributed by atoms with E-state index in [9.17, 15) is 9.59 Å². The molecule has 0 spiro atoms. The monoisotopic (exact) mass is 403 g/mol. The molecule has 0 atom stereocenters. The molecule has 0 saturated heterocycles. The van der Waals surface area contributed by atoms with Crippen molar-refractivity contribution in [2.75, 3.05) is 5.32 Å². The lowest BCUT2D eigenvalue weighted by Crippen LogP contribution is -2.22. The number of carbonyl (C=O) groups is 1. The second kappa shape index (κ2) is 7.11. The van der Waals surface area contributed by atoms with Crippen LogP contribution in [0.25, 0.3) is 0 Å². The maximum atomic E-state index is 12.3. The fourth-order valence-corrected chi connectivity index (χ4v) is 3.10. The Morgan fingerprint density at radius 1 is 1.25 bits per heavy atom. The quantitative estimate of drug-likeness (QED) is 0.722. The molecule has 7 heteroatoms. The third-order valence-corrected chi connectivity index (χ3v) is 4.76. The number of aryl methyl sites for hydroxylation is 1. The van der Waals surface area contributed by atoms with Crippen molar-refractivity contribution in [3.05, 3.63) is 79.6 Å². The summed E-state index contributed by atoms with van der Waals surface area (Å²) < 4.78 is 2.50. The minimum Gasteiger partial charge on any atom is -0.310 e. The van der Waals surface area contributed by atoms with Crippen LogP contribution in [0, 0.1) is 6.92 Å². The van der Waals surface area contributed by atoms with E-state index in [-0.39, 0.29) is 11.5 Å². The topological polar surface area (TPSA) is 64.0 Å². The lowest BCUT2D eigenvalue weighted by Gasteiger charge is -2.08. The van der Waals surface area contributed by atoms with Crippen LogP contribution in [0.1, 0.15) is 21.6 Å². The number of carbonyl (C=O) groups excluding carboxylic acids is 1. The smallest absolute Gasteiger partial charge is 0.258 e. The zero-order valence-corrected chi connectivity index (χ0v) is 15.2. The molecular weight excluding hydrogens is 390 g/mol. The Morgan fingerprint density at radius 2 is 2.00 bits per heavy atom. The lowest BCUT2D eigenvalue weighted by molar-refractivity contribution is 0.102. The highest BCUT2D eigenvalue weighted by Crippen LogP contribution is 2.15. The van der Waals surface area contributed by atoms with Gasteiger partial charge in [-0.3, -0.25) is 14.9 Å². The number of nitrogens with one attached hydrogen (secondary N) is 1. The number of anilines is 1. The zero-order chi connectivity index (χ0) is 17.1. The highest BCUT2D eigenvalue weighted by molar-refractivity contribution is 9.10. The second-order valence-corrected chi connectivity index (χ2v) is 7.03. The minimum atomic E-state index is -0.283. The molecule has 1 N–H and O–H groups in total. The Balaban J connectivity index is 1.81. The molecule has 2 heterocycles. The molecule has 0 aliphatic heterocycles. The van der Waals surface area contributed by atoms with E-state index in [0.717, 1.165) is 15.7 Å². The van der Waals surface area contributed by atoms with Crippen LogP contribution in [-0.2, 0) is 6.54 Å². The summed E-state index contributed by atoms with van der Waals surface area (Å²) in [6.07, 6.45) is 1.57. The van der Waals surface area contributed by atoms with Gasteiger partial charge in [0, 0.05) is 22.1 Å². The number of hydrogen-bond acceptors (Lipinski definition) is 4. The van der Waals surface area contributed by atoms with Gasteiger partial charge in [-0.2, -0.15) is 0 Å². The van der Waals surface area contributed by atoms with Crippen molar-refractivity contribution in [3.8, 4) is 0 Å². The van der Waals surface area contributed by atoms with Crippen molar-refractivity contribution < 1.29 is 4.79 Å². The molecule has 3 aromatic rings. The summed E-state index contributed by atoms with van der Waals surface area (Å²) in [6, 6.07) is 10.6. The average Bonchev–Trinajstić information content (AvgIpc) is 2.96. The molecule has 5 nitrogen and oxygen atoms in total. The van der Waals surface area contributed by atoms with Crippen molar-refractivity contribution in [1.29, 1.82) is 0 Å². The van der Waals surface area contributed by atoms with Gasteiger partial charge in [0.2, 0.25) is 0 Å². The molecule has 0 unspecified atom stereocenters. The predicted molar refractivity (Wildman–Crippen MR) is 98.8 cm³/mol. The van der Waals surface area contributed by atoms with Gasteiger partial charge in [-0.05, 0) is 30.7 Å². The molecule has 1 amide bonds. The Hall–Kier alpha value is -2.25. The maximum Gasteiger partial charge on any atom is 0.258 e. The third kappa shape index (κ3) is 3.98. The largest absolute Gasteiger partial charge is 0.310 e. The van der Waals surface area contributed by atoms with Crippen molar-refractivity contribution in [2.24, 2.45) is 0 Å². The van der Waals surface area contributed by atoms with Crippen LogP contribution in [0.2, 0.25) is 0 Å². The fourth-order valence-electron chi connectivity index (χ4n) is 2.16. The predicted octanol–water partition coefficient (Wildman–Crippen LogP) is 3.68. The molecule has 0 fully saturated rings. The number of nitrogens with zero attached hydrogens (tertiary/aromatic N) is 2. The molecule has 122 valence electrons. The van der Waals surface area contributed by atoms with Gasteiger partial charge < -0.3 is 4.57 Å². The van der Waals surface area contributed by atoms with Crippen molar-refractivity contribution in [1.82, 2.24) is 9.55 Å². The summed E-state index contributed by atoms with van der Waals surface area (Å²) in [5.41, 5.74) is 2.10. The Labute approximate surface area is 151 Å². The van der Waals surface area contributed by atoms with Crippen LogP contribution in [0.3, 0.4) is 0 Å². The number of aromatic nitrogens is 2. The molecule has 0 aliphatic rings. The lowest BCUT2D eigenvalue weighted by atomic mass is 10.2. The third-order valence-electron chi connectivity index (χ3n) is 3.35. The Kier molecular flexibility index (Phi) is 4.92. The molecule has 0 radical (unpaired) electrons. The van der Waals surface area contributed by atoms with Gasteiger partial charge in [0.05, 0.1) is 17.8 Å². The van der Waals surface area contributed by atoms with Gasteiger partial charge in [0.15, 0.2) is 5.13 Å². The molecule has 1 aromatic carbocycles. The number of pyridine rings is 1. The number of benzene rings is 1. The van der Waals surface area contributed by atoms with E-state index in [1.165, 1.54) is 28.0 Å². The van der Waals surface area contributed by atoms with Gasteiger partial charge in [0.25, 0.3) is 11.5 Å². The van der Waals surface area contributed by atoms with E-state index >= 15 is 0 Å². The molecule has 3 rings (SSSR count). The van der Waals surface area contributed by atoms with E-state index in [1.807, 2.05) is 36.6 Å². The first kappa shape index (κ1) is 16.6. The van der Waals surface area contributed by atoms with E-state index in [1.54, 1.807) is 6.20 Å². The van der Waals surface area contributed by atoms with Crippen LogP contribution in [0.5, 0.6) is 0 Å². The summed E-state index contributed by atoms with van der Waals surface area (Å²) in [4.78, 5) is 28.6. The van der Waals surface area contributed by atoms with E-state index in [0.29, 0.717) is 17.2 Å². The van der Waals surface area contributed by atoms with Crippen LogP contribution < -0.4 is 10.9 Å². The standard InChI is InChI=1S/C17H14BrN3O2S/c1-11-10-24-17(19-11)20-16(23)13-4-7-15(22)21(9-13)8-12-2-5-14(18)6-3-12/h2-7,9-10H,8H2,1H3,(H,19,20,23). The van der Waals surface area contributed by atoms with Crippen molar-refractivity contribution >= 4 is 38.3 Å².